The molecule has 0 fully saturated rings. The van der Waals surface area contributed by atoms with Crippen LogP contribution in [0.3, 0.4) is 0 Å². The molecule has 2 amide bonds. The van der Waals surface area contributed by atoms with Gasteiger partial charge in [-0.2, -0.15) is 0 Å². The lowest BCUT2D eigenvalue weighted by molar-refractivity contribution is 0.238. The molecule has 0 aliphatic heterocycles. The summed E-state index contributed by atoms with van der Waals surface area (Å²) in [6.07, 6.45) is 4.06. The highest BCUT2D eigenvalue weighted by Crippen LogP contribution is 2.29. The molecule has 0 aromatic heterocycles. The first-order valence-electron chi connectivity index (χ1n) is 8.40. The summed E-state index contributed by atoms with van der Waals surface area (Å²) in [4.78, 5) is 12.4. The van der Waals surface area contributed by atoms with Crippen LogP contribution in [0.25, 0.3) is 5.70 Å². The van der Waals surface area contributed by atoms with Crippen molar-refractivity contribution < 1.29 is 4.79 Å². The predicted molar refractivity (Wildman–Crippen MR) is 100 cm³/mol. The maximum Gasteiger partial charge on any atom is 0.319 e. The molecule has 128 valence electrons. The Hall–Kier alpha value is -3.08. The minimum atomic E-state index is -0.348. The summed E-state index contributed by atoms with van der Waals surface area (Å²) in [5, 5.41) is 13.3. The average molecular weight is 334 g/mol. The molecule has 1 aliphatic carbocycles. The maximum absolute atomic E-state index is 12.4. The number of nitrogens with two attached hydrogens (primary N) is 1. The third kappa shape index (κ3) is 3.88. The average Bonchev–Trinajstić information content (AvgIpc) is 2.66. The zero-order chi connectivity index (χ0) is 17.6. The second-order valence-electron chi connectivity index (χ2n) is 6.08. The topological polar surface area (TPSA) is 91.0 Å². The Morgan fingerprint density at radius 1 is 1.12 bits per heavy atom. The number of hydrogen-bond donors (Lipinski definition) is 4. The lowest BCUT2D eigenvalue weighted by Crippen LogP contribution is -2.39. The third-order valence-electron chi connectivity index (χ3n) is 4.44. The summed E-state index contributed by atoms with van der Waals surface area (Å²) in [6, 6.07) is 17.1. The number of amides is 2. The van der Waals surface area contributed by atoms with Crippen molar-refractivity contribution in [3.8, 4) is 0 Å². The SMILES string of the molecule is N=CC(NC(=O)NC1CCCc2ccccc21)=C(N)c1ccccc1. The van der Waals surface area contributed by atoms with Crippen molar-refractivity contribution in [3.05, 3.63) is 77.0 Å². The van der Waals surface area contributed by atoms with E-state index < -0.39 is 0 Å². The molecule has 2 aromatic carbocycles. The third-order valence-corrected chi connectivity index (χ3v) is 4.44. The van der Waals surface area contributed by atoms with Crippen molar-refractivity contribution in [1.82, 2.24) is 10.6 Å². The molecule has 25 heavy (non-hydrogen) atoms. The van der Waals surface area contributed by atoms with Gasteiger partial charge in [-0.05, 0) is 36.0 Å². The van der Waals surface area contributed by atoms with E-state index in [4.69, 9.17) is 11.1 Å². The molecule has 3 rings (SSSR count). The molecule has 0 heterocycles. The van der Waals surface area contributed by atoms with Crippen LogP contribution in [0.2, 0.25) is 0 Å². The van der Waals surface area contributed by atoms with E-state index in [-0.39, 0.29) is 17.8 Å². The summed E-state index contributed by atoms with van der Waals surface area (Å²) >= 11 is 0. The second kappa shape index (κ2) is 7.66. The number of rotatable bonds is 4. The number of hydrogen-bond acceptors (Lipinski definition) is 3. The van der Waals surface area contributed by atoms with E-state index in [0.29, 0.717) is 5.70 Å². The molecular weight excluding hydrogens is 312 g/mol. The van der Waals surface area contributed by atoms with E-state index in [0.717, 1.165) is 31.0 Å². The molecule has 1 atom stereocenters. The van der Waals surface area contributed by atoms with Crippen LogP contribution in [0.15, 0.2) is 60.3 Å². The fourth-order valence-electron chi connectivity index (χ4n) is 3.17. The molecule has 2 aromatic rings. The van der Waals surface area contributed by atoms with Crippen LogP contribution >= 0.6 is 0 Å². The van der Waals surface area contributed by atoms with Crippen LogP contribution < -0.4 is 16.4 Å². The Bertz CT molecular complexity index is 798. The smallest absolute Gasteiger partial charge is 0.319 e. The molecular formula is C20H22N4O. The van der Waals surface area contributed by atoms with E-state index in [2.05, 4.69) is 22.8 Å². The fraction of sp³-hybridized carbons (Fsp3) is 0.200. The van der Waals surface area contributed by atoms with Crippen molar-refractivity contribution in [2.24, 2.45) is 5.73 Å². The second-order valence-corrected chi connectivity index (χ2v) is 6.08. The van der Waals surface area contributed by atoms with E-state index in [1.165, 1.54) is 11.1 Å². The number of nitrogens with one attached hydrogen (secondary N) is 3. The van der Waals surface area contributed by atoms with E-state index in [1.807, 2.05) is 42.5 Å². The minimum absolute atomic E-state index is 0.0186. The molecule has 0 saturated carbocycles. The summed E-state index contributed by atoms with van der Waals surface area (Å²) in [7, 11) is 0. The highest BCUT2D eigenvalue weighted by molar-refractivity contribution is 5.93. The first kappa shape index (κ1) is 16.8. The molecule has 0 spiro atoms. The van der Waals surface area contributed by atoms with Gasteiger partial charge < -0.3 is 21.8 Å². The minimum Gasteiger partial charge on any atom is -0.397 e. The largest absolute Gasteiger partial charge is 0.397 e. The van der Waals surface area contributed by atoms with Crippen LogP contribution in [-0.2, 0) is 6.42 Å². The maximum atomic E-state index is 12.4. The molecule has 0 bridgehead atoms. The monoisotopic (exact) mass is 334 g/mol. The summed E-state index contributed by atoms with van der Waals surface area (Å²) < 4.78 is 0. The number of fused-ring (bicyclic) bond motifs is 1. The Morgan fingerprint density at radius 2 is 1.84 bits per heavy atom. The molecule has 0 saturated heterocycles. The van der Waals surface area contributed by atoms with Gasteiger partial charge in [-0.3, -0.25) is 0 Å². The number of carbonyl (C=O) groups excluding carboxylic acids is 1. The Balaban J connectivity index is 1.73. The molecule has 1 aliphatic rings. The van der Waals surface area contributed by atoms with Gasteiger partial charge in [-0.1, -0.05) is 54.6 Å². The lowest BCUT2D eigenvalue weighted by Gasteiger charge is -2.26. The van der Waals surface area contributed by atoms with Crippen LogP contribution in [0, 0.1) is 5.41 Å². The summed E-state index contributed by atoms with van der Waals surface area (Å²) in [6.45, 7) is 0. The zero-order valence-electron chi connectivity index (χ0n) is 14.0. The first-order chi connectivity index (χ1) is 12.2. The quantitative estimate of drug-likeness (QED) is 0.646. The number of urea groups is 1. The summed E-state index contributed by atoms with van der Waals surface area (Å²) in [5.41, 5.74) is 9.97. The molecule has 5 heteroatoms. The number of carbonyl (C=O) groups is 1. The molecule has 5 N–H and O–H groups in total. The van der Waals surface area contributed by atoms with Gasteiger partial charge in [-0.25, -0.2) is 4.79 Å². The van der Waals surface area contributed by atoms with Gasteiger partial charge in [0.25, 0.3) is 0 Å². The van der Waals surface area contributed by atoms with Gasteiger partial charge in [0.05, 0.1) is 17.4 Å². The number of benzene rings is 2. The van der Waals surface area contributed by atoms with E-state index >= 15 is 0 Å². The van der Waals surface area contributed by atoms with Gasteiger partial charge >= 0.3 is 6.03 Å². The standard InChI is InChI=1S/C20H22N4O/c21-13-18(19(22)15-8-2-1-3-9-15)24-20(25)23-17-12-6-10-14-7-4-5-11-16(14)17/h1-5,7-9,11,13,17,21H,6,10,12,22H2,(H2,23,24,25). The van der Waals surface area contributed by atoms with Crippen molar-refractivity contribution in [2.75, 3.05) is 0 Å². The highest BCUT2D eigenvalue weighted by atomic mass is 16.2. The number of aryl methyl sites for hydroxylation is 1. The van der Waals surface area contributed by atoms with Crippen LogP contribution in [0.1, 0.15) is 35.6 Å². The Kier molecular flexibility index (Phi) is 5.14. The van der Waals surface area contributed by atoms with E-state index in [9.17, 15) is 4.79 Å². The lowest BCUT2D eigenvalue weighted by atomic mass is 9.88. The van der Waals surface area contributed by atoms with Crippen LogP contribution in [-0.4, -0.2) is 12.2 Å². The van der Waals surface area contributed by atoms with Crippen LogP contribution in [0.5, 0.6) is 0 Å². The van der Waals surface area contributed by atoms with Crippen molar-refractivity contribution >= 4 is 17.9 Å². The molecule has 5 nitrogen and oxygen atoms in total. The van der Waals surface area contributed by atoms with Gasteiger partial charge in [0, 0.05) is 6.21 Å². The molecule has 0 radical (unpaired) electrons. The number of allylic oxidation sites excluding steroid dienone is 1. The van der Waals surface area contributed by atoms with Crippen molar-refractivity contribution in [2.45, 2.75) is 25.3 Å². The first-order valence-corrected chi connectivity index (χ1v) is 8.40. The fourth-order valence-corrected chi connectivity index (χ4v) is 3.17. The van der Waals surface area contributed by atoms with Crippen LogP contribution in [0.4, 0.5) is 4.79 Å². The highest BCUT2D eigenvalue weighted by Gasteiger charge is 2.21. The normalized spacial score (nSPS) is 17.0. The molecule has 1 unspecified atom stereocenters. The predicted octanol–water partition coefficient (Wildman–Crippen LogP) is 3.34. The Morgan fingerprint density at radius 3 is 2.60 bits per heavy atom. The van der Waals surface area contributed by atoms with E-state index in [1.54, 1.807) is 0 Å². The Labute approximate surface area is 147 Å². The van der Waals surface area contributed by atoms with Gasteiger partial charge in [-0.15, -0.1) is 0 Å². The van der Waals surface area contributed by atoms with Gasteiger partial charge in [0.15, 0.2) is 0 Å². The summed E-state index contributed by atoms with van der Waals surface area (Å²) in [5.74, 6) is 0. The van der Waals surface area contributed by atoms with Gasteiger partial charge in [0.1, 0.15) is 0 Å². The van der Waals surface area contributed by atoms with Crippen molar-refractivity contribution in [1.29, 1.82) is 5.41 Å². The van der Waals surface area contributed by atoms with Crippen molar-refractivity contribution in [3.63, 3.8) is 0 Å². The van der Waals surface area contributed by atoms with Gasteiger partial charge in [0.2, 0.25) is 0 Å². The zero-order valence-corrected chi connectivity index (χ0v) is 14.0.